The number of carbonyl (C=O) groups is 2. The first-order valence-electron chi connectivity index (χ1n) is 14.1. The molecule has 0 saturated carbocycles. The summed E-state index contributed by atoms with van der Waals surface area (Å²) in [6.45, 7) is 7.99. The number of aryl methyl sites for hydroxylation is 1. The van der Waals surface area contributed by atoms with E-state index in [0.717, 1.165) is 17.5 Å². The molecule has 8 heteroatoms. The number of amides is 2. The van der Waals surface area contributed by atoms with E-state index in [1.165, 1.54) is 16.6 Å². The summed E-state index contributed by atoms with van der Waals surface area (Å²) < 4.78 is 14.6. The molecule has 0 spiro atoms. The summed E-state index contributed by atoms with van der Waals surface area (Å²) in [6.07, 6.45) is 5.88. The zero-order valence-corrected chi connectivity index (χ0v) is 25.0. The van der Waals surface area contributed by atoms with Crippen molar-refractivity contribution in [2.75, 3.05) is 6.61 Å². The highest BCUT2D eigenvalue weighted by molar-refractivity contribution is 6.99. The van der Waals surface area contributed by atoms with E-state index in [2.05, 4.69) is 79.6 Å². The lowest BCUT2D eigenvalue weighted by atomic mass is 10.0. The van der Waals surface area contributed by atoms with Crippen molar-refractivity contribution in [3.63, 3.8) is 0 Å². The Balaban J connectivity index is 1.32. The highest BCUT2D eigenvalue weighted by atomic mass is 28.4. The van der Waals surface area contributed by atoms with Crippen LogP contribution in [0.25, 0.3) is 22.2 Å². The fourth-order valence-electron chi connectivity index (χ4n) is 6.08. The van der Waals surface area contributed by atoms with Gasteiger partial charge in [0, 0.05) is 36.5 Å². The van der Waals surface area contributed by atoms with E-state index < -0.39 is 20.1 Å². The van der Waals surface area contributed by atoms with Gasteiger partial charge >= 0.3 is 0 Å². The summed E-state index contributed by atoms with van der Waals surface area (Å²) in [7, 11) is -2.65. The van der Waals surface area contributed by atoms with Gasteiger partial charge in [-0.1, -0.05) is 81.4 Å². The Bertz CT molecular complexity index is 1730. The van der Waals surface area contributed by atoms with E-state index in [1.54, 1.807) is 18.3 Å². The molecule has 2 aromatic carbocycles. The van der Waals surface area contributed by atoms with Gasteiger partial charge in [0.25, 0.3) is 20.1 Å². The van der Waals surface area contributed by atoms with E-state index in [0.29, 0.717) is 30.0 Å². The molecule has 1 aliphatic rings. The van der Waals surface area contributed by atoms with Gasteiger partial charge in [-0.15, -0.1) is 0 Å². The molecule has 2 amide bonds. The molecule has 0 radical (unpaired) electrons. The van der Waals surface area contributed by atoms with Crippen LogP contribution in [0.2, 0.25) is 5.04 Å². The Morgan fingerprint density at radius 3 is 2.14 bits per heavy atom. The lowest BCUT2D eigenvalue weighted by molar-refractivity contribution is -0.122. The van der Waals surface area contributed by atoms with Crippen molar-refractivity contribution in [2.45, 2.75) is 38.8 Å². The van der Waals surface area contributed by atoms with Crippen LogP contribution in [0.4, 0.5) is 0 Å². The van der Waals surface area contributed by atoms with Crippen LogP contribution in [-0.4, -0.2) is 36.3 Å². The summed E-state index contributed by atoms with van der Waals surface area (Å²) in [5.74, 6) is -0.547. The van der Waals surface area contributed by atoms with E-state index in [1.807, 2.05) is 35.0 Å². The molecule has 0 saturated heterocycles. The van der Waals surface area contributed by atoms with Gasteiger partial charge in [-0.3, -0.25) is 14.9 Å². The molecule has 0 atom stereocenters. The number of pyridine rings is 1. The maximum atomic E-state index is 13.0. The van der Waals surface area contributed by atoms with Crippen molar-refractivity contribution >= 4 is 52.7 Å². The number of aromatic nitrogens is 2. The summed E-state index contributed by atoms with van der Waals surface area (Å²) in [6, 6.07) is 28.4. The summed E-state index contributed by atoms with van der Waals surface area (Å²) in [5.41, 5.74) is 1.94. The molecule has 0 fully saturated rings. The number of benzene rings is 2. The van der Waals surface area contributed by atoms with Crippen LogP contribution in [0.3, 0.4) is 0 Å². The fraction of sp³-hybridized carbons (Fsp3) is 0.206. The fourth-order valence-corrected chi connectivity index (χ4v) is 10.7. The Morgan fingerprint density at radius 2 is 1.52 bits per heavy atom. The molecular formula is C34H33N3O4Si. The van der Waals surface area contributed by atoms with E-state index >= 15 is 0 Å². The second kappa shape index (κ2) is 11.0. The lowest BCUT2D eigenvalue weighted by Gasteiger charge is -2.43. The molecule has 0 bridgehead atoms. The van der Waals surface area contributed by atoms with Crippen molar-refractivity contribution in [1.29, 1.82) is 0 Å². The minimum Gasteiger partial charge on any atom is -0.464 e. The summed E-state index contributed by atoms with van der Waals surface area (Å²) in [4.78, 5) is 30.4. The largest absolute Gasteiger partial charge is 0.464 e. The van der Waals surface area contributed by atoms with E-state index in [9.17, 15) is 9.59 Å². The van der Waals surface area contributed by atoms with Crippen LogP contribution in [0.5, 0.6) is 0 Å². The van der Waals surface area contributed by atoms with Crippen molar-refractivity contribution in [1.82, 2.24) is 14.9 Å². The zero-order chi connectivity index (χ0) is 29.3. The number of carbonyl (C=O) groups excluding carboxylic acids is 2. The third-order valence-corrected chi connectivity index (χ3v) is 12.9. The molecule has 42 heavy (non-hydrogen) atoms. The summed E-state index contributed by atoms with van der Waals surface area (Å²) in [5, 5.41) is 5.61. The number of imide groups is 1. The summed E-state index contributed by atoms with van der Waals surface area (Å²) >= 11 is 0. The number of hydrogen-bond donors (Lipinski definition) is 1. The normalized spacial score (nSPS) is 14.2. The van der Waals surface area contributed by atoms with Crippen LogP contribution < -0.4 is 15.7 Å². The van der Waals surface area contributed by atoms with Gasteiger partial charge in [-0.05, 0) is 46.1 Å². The molecule has 0 unspecified atom stereocenters. The molecule has 4 heterocycles. The predicted octanol–water partition coefficient (Wildman–Crippen LogP) is 5.16. The average molecular weight is 576 g/mol. The number of rotatable bonds is 9. The van der Waals surface area contributed by atoms with Crippen LogP contribution in [-0.2, 0) is 20.6 Å². The Morgan fingerprint density at radius 1 is 0.857 bits per heavy atom. The van der Waals surface area contributed by atoms with Gasteiger partial charge in [-0.25, -0.2) is 4.98 Å². The minimum atomic E-state index is -2.65. The van der Waals surface area contributed by atoms with Crippen molar-refractivity contribution < 1.29 is 18.4 Å². The molecule has 0 aliphatic carbocycles. The Labute approximate surface area is 246 Å². The van der Waals surface area contributed by atoms with Gasteiger partial charge in [0.05, 0.1) is 17.4 Å². The Kier molecular flexibility index (Phi) is 7.26. The zero-order valence-electron chi connectivity index (χ0n) is 24.0. The smallest absolute Gasteiger partial charge is 0.262 e. The molecule has 212 valence electrons. The monoisotopic (exact) mass is 575 g/mol. The van der Waals surface area contributed by atoms with Crippen molar-refractivity contribution in [3.05, 3.63) is 115 Å². The van der Waals surface area contributed by atoms with Gasteiger partial charge in [-0.2, -0.15) is 0 Å². The molecule has 7 nitrogen and oxygen atoms in total. The number of nitrogens with one attached hydrogen (secondary N) is 1. The standard InChI is InChI=1S/C34H33N3O4Si/c1-34(2,3)42(24-13-6-4-7-14-24,25-15-8-5-9-16-25)41-22-12-20-37-23-27(26-17-10-19-35-31(26)37)29-30(28-18-11-21-40-28)33(39)36-32(29)38/h4-11,13-19,21,23H,12,20,22H2,1-3H3,(H,36,38,39). The number of hydrogen-bond acceptors (Lipinski definition) is 5. The highest BCUT2D eigenvalue weighted by Crippen LogP contribution is 2.38. The van der Waals surface area contributed by atoms with E-state index in [4.69, 9.17) is 8.84 Å². The number of fused-ring (bicyclic) bond motifs is 1. The molecule has 1 N–H and O–H groups in total. The third kappa shape index (κ3) is 4.72. The molecule has 1 aliphatic heterocycles. The second-order valence-corrected chi connectivity index (χ2v) is 15.8. The minimum absolute atomic E-state index is 0.109. The Hall–Kier alpha value is -4.53. The SMILES string of the molecule is CC(C)(C)[Si](OCCCn1cc(C2=C(c3ccco3)C(=O)NC2=O)c2cccnc21)(c1ccccc1)c1ccccc1. The quantitative estimate of drug-likeness (QED) is 0.149. The maximum Gasteiger partial charge on any atom is 0.262 e. The molecule has 6 rings (SSSR count). The van der Waals surface area contributed by atoms with Crippen molar-refractivity contribution in [3.8, 4) is 0 Å². The highest BCUT2D eigenvalue weighted by Gasteiger charge is 2.50. The third-order valence-electron chi connectivity index (χ3n) is 7.88. The second-order valence-electron chi connectivity index (χ2n) is 11.5. The van der Waals surface area contributed by atoms with Gasteiger partial charge in [0.1, 0.15) is 11.4 Å². The van der Waals surface area contributed by atoms with Crippen LogP contribution in [0.1, 0.15) is 38.5 Å². The van der Waals surface area contributed by atoms with Crippen molar-refractivity contribution in [2.24, 2.45) is 0 Å². The topological polar surface area (TPSA) is 86.4 Å². The van der Waals surface area contributed by atoms with Crippen LogP contribution in [0.15, 0.2) is 108 Å². The average Bonchev–Trinajstić information content (AvgIpc) is 3.71. The van der Waals surface area contributed by atoms with Gasteiger partial charge in [0.15, 0.2) is 0 Å². The molecular weight excluding hydrogens is 542 g/mol. The van der Waals surface area contributed by atoms with Gasteiger partial charge < -0.3 is 13.4 Å². The number of furan rings is 1. The van der Waals surface area contributed by atoms with E-state index in [-0.39, 0.29) is 10.6 Å². The maximum absolute atomic E-state index is 13.0. The first-order chi connectivity index (χ1) is 20.3. The van der Waals surface area contributed by atoms with Gasteiger partial charge in [0.2, 0.25) is 0 Å². The lowest BCUT2D eigenvalue weighted by Crippen LogP contribution is -2.66. The van der Waals surface area contributed by atoms with Crippen LogP contribution >= 0.6 is 0 Å². The first kappa shape index (κ1) is 27.6. The molecule has 3 aromatic heterocycles. The first-order valence-corrected chi connectivity index (χ1v) is 16.0. The van der Waals surface area contributed by atoms with Crippen LogP contribution in [0, 0.1) is 0 Å². The predicted molar refractivity (Wildman–Crippen MR) is 167 cm³/mol. The number of nitrogens with zero attached hydrogens (tertiary/aromatic N) is 2. The molecule has 5 aromatic rings.